The highest BCUT2D eigenvalue weighted by Gasteiger charge is 2.24. The van der Waals surface area contributed by atoms with E-state index in [4.69, 9.17) is 9.47 Å². The van der Waals surface area contributed by atoms with E-state index in [1.165, 1.54) is 17.0 Å². The average molecular weight is 362 g/mol. The number of rotatable bonds is 7. The van der Waals surface area contributed by atoms with Crippen LogP contribution in [0.5, 0.6) is 5.75 Å². The van der Waals surface area contributed by atoms with Gasteiger partial charge in [-0.15, -0.1) is 0 Å². The lowest BCUT2D eigenvalue weighted by atomic mass is 10.1. The Morgan fingerprint density at radius 3 is 2.58 bits per heavy atom. The van der Waals surface area contributed by atoms with Crippen LogP contribution in [0.1, 0.15) is 39.0 Å². The quantitative estimate of drug-likeness (QED) is 0.769. The van der Waals surface area contributed by atoms with Gasteiger partial charge in [-0.3, -0.25) is 4.79 Å². The summed E-state index contributed by atoms with van der Waals surface area (Å²) < 4.78 is 23.9. The van der Waals surface area contributed by atoms with Crippen molar-refractivity contribution in [2.24, 2.45) is 0 Å². The molecule has 140 valence electrons. The first-order valence-corrected chi connectivity index (χ1v) is 8.35. The summed E-state index contributed by atoms with van der Waals surface area (Å²) in [4.78, 5) is 29.1. The fraction of sp³-hybridized carbons (Fsp3) is 0.368. The van der Waals surface area contributed by atoms with E-state index in [0.29, 0.717) is 22.5 Å². The zero-order valence-corrected chi connectivity index (χ0v) is 15.4. The molecule has 1 amide bonds. The fourth-order valence-electron chi connectivity index (χ4n) is 2.62. The maximum Gasteiger partial charge on any atom is 0.340 e. The lowest BCUT2D eigenvalue weighted by molar-refractivity contribution is 0.0525. The van der Waals surface area contributed by atoms with Crippen LogP contribution in [0.2, 0.25) is 0 Å². The fourth-order valence-corrected chi connectivity index (χ4v) is 2.62. The molecule has 0 aliphatic rings. The summed E-state index contributed by atoms with van der Waals surface area (Å²) in [6.45, 7) is 5.82. The number of aromatic nitrogens is 1. The predicted octanol–water partition coefficient (Wildman–Crippen LogP) is 3.10. The number of likely N-dealkylation sites (N-methyl/N-ethyl adjacent to an activating group) is 1. The Hall–Kier alpha value is -2.83. The predicted molar refractivity (Wildman–Crippen MR) is 95.1 cm³/mol. The minimum atomic E-state index is -0.455. The van der Waals surface area contributed by atoms with Crippen molar-refractivity contribution in [3.8, 4) is 5.75 Å². The molecule has 0 spiro atoms. The highest BCUT2D eigenvalue weighted by atomic mass is 19.1. The second kappa shape index (κ2) is 8.51. The van der Waals surface area contributed by atoms with Gasteiger partial charge in [0.25, 0.3) is 5.91 Å². The van der Waals surface area contributed by atoms with Crippen LogP contribution >= 0.6 is 0 Å². The number of carbonyl (C=O) groups excluding carboxylic acids is 2. The van der Waals surface area contributed by atoms with Gasteiger partial charge in [-0.1, -0.05) is 12.1 Å². The number of aromatic amines is 1. The summed E-state index contributed by atoms with van der Waals surface area (Å²) in [6.07, 6.45) is 0. The Labute approximate surface area is 151 Å². The Morgan fingerprint density at radius 2 is 1.92 bits per heavy atom. The molecule has 2 aromatic rings. The van der Waals surface area contributed by atoms with Crippen molar-refractivity contribution in [3.63, 3.8) is 0 Å². The highest BCUT2D eigenvalue weighted by Crippen LogP contribution is 2.20. The number of hydrogen-bond acceptors (Lipinski definition) is 4. The van der Waals surface area contributed by atoms with Crippen LogP contribution < -0.4 is 4.74 Å². The number of carbonyl (C=O) groups is 2. The topological polar surface area (TPSA) is 71.6 Å². The standard InChI is InChI=1S/C19H23FN2O4/c1-5-25-19(24)16-12(2)17(21-13(16)3)18(23)22(4)10-11-26-15-9-7-6-8-14(15)20/h6-9,21H,5,10-11H2,1-4H3. The lowest BCUT2D eigenvalue weighted by Gasteiger charge is -2.17. The number of H-pyrrole nitrogens is 1. The molecule has 0 atom stereocenters. The summed E-state index contributed by atoms with van der Waals surface area (Å²) in [5.41, 5.74) is 1.85. The zero-order chi connectivity index (χ0) is 19.3. The SMILES string of the molecule is CCOC(=O)c1c(C)[nH]c(C(=O)N(C)CCOc2ccccc2F)c1C. The number of hydrogen-bond donors (Lipinski definition) is 1. The van der Waals surface area contributed by atoms with E-state index in [9.17, 15) is 14.0 Å². The van der Waals surface area contributed by atoms with Gasteiger partial charge in [-0.05, 0) is 38.5 Å². The summed E-state index contributed by atoms with van der Waals surface area (Å²) in [7, 11) is 1.62. The van der Waals surface area contributed by atoms with Crippen LogP contribution in [0, 0.1) is 19.7 Å². The van der Waals surface area contributed by atoms with Gasteiger partial charge in [0.1, 0.15) is 12.3 Å². The third kappa shape index (κ3) is 4.22. The molecule has 1 N–H and O–H groups in total. The van der Waals surface area contributed by atoms with Crippen molar-refractivity contribution in [2.75, 3.05) is 26.8 Å². The number of nitrogens with one attached hydrogen (secondary N) is 1. The molecule has 0 radical (unpaired) electrons. The number of esters is 1. The summed E-state index contributed by atoms with van der Waals surface area (Å²) in [5, 5.41) is 0. The summed E-state index contributed by atoms with van der Waals surface area (Å²) in [5.74, 6) is -1.04. The molecule has 1 aromatic carbocycles. The Morgan fingerprint density at radius 1 is 1.23 bits per heavy atom. The molecule has 0 unspecified atom stereocenters. The van der Waals surface area contributed by atoms with Crippen LogP contribution in [0.25, 0.3) is 0 Å². The third-order valence-corrected chi connectivity index (χ3v) is 4.00. The number of amides is 1. The van der Waals surface area contributed by atoms with Gasteiger partial charge in [-0.25, -0.2) is 9.18 Å². The maximum atomic E-state index is 13.5. The van der Waals surface area contributed by atoms with Gasteiger partial charge in [-0.2, -0.15) is 0 Å². The molecule has 0 bridgehead atoms. The van der Waals surface area contributed by atoms with E-state index in [2.05, 4.69) is 4.98 Å². The largest absolute Gasteiger partial charge is 0.489 e. The zero-order valence-electron chi connectivity index (χ0n) is 15.4. The molecule has 2 rings (SSSR count). The third-order valence-electron chi connectivity index (χ3n) is 4.00. The number of ether oxygens (including phenoxy) is 2. The second-order valence-electron chi connectivity index (χ2n) is 5.85. The number of benzene rings is 1. The second-order valence-corrected chi connectivity index (χ2v) is 5.85. The minimum absolute atomic E-state index is 0.143. The monoisotopic (exact) mass is 362 g/mol. The molecular formula is C19H23FN2O4. The molecule has 0 saturated heterocycles. The van der Waals surface area contributed by atoms with Crippen molar-refractivity contribution in [3.05, 3.63) is 52.6 Å². The summed E-state index contributed by atoms with van der Waals surface area (Å²) in [6, 6.07) is 6.10. The van der Waals surface area contributed by atoms with Crippen LogP contribution in [0.15, 0.2) is 24.3 Å². The number of halogens is 1. The number of para-hydroxylation sites is 1. The van der Waals surface area contributed by atoms with Crippen LogP contribution in [0.4, 0.5) is 4.39 Å². The van der Waals surface area contributed by atoms with Gasteiger partial charge >= 0.3 is 5.97 Å². The molecule has 0 aliphatic heterocycles. The smallest absolute Gasteiger partial charge is 0.340 e. The lowest BCUT2D eigenvalue weighted by Crippen LogP contribution is -2.31. The Kier molecular flexibility index (Phi) is 6.38. The normalized spacial score (nSPS) is 10.5. The molecule has 6 nitrogen and oxygen atoms in total. The number of aryl methyl sites for hydroxylation is 1. The van der Waals surface area contributed by atoms with Crippen LogP contribution in [-0.2, 0) is 4.74 Å². The summed E-state index contributed by atoms with van der Waals surface area (Å²) >= 11 is 0. The molecule has 7 heteroatoms. The first kappa shape index (κ1) is 19.5. The van der Waals surface area contributed by atoms with Crippen molar-refractivity contribution in [1.82, 2.24) is 9.88 Å². The molecule has 1 aromatic heterocycles. The van der Waals surface area contributed by atoms with E-state index >= 15 is 0 Å². The highest BCUT2D eigenvalue weighted by molar-refractivity contribution is 6.00. The molecule has 0 saturated carbocycles. The van der Waals surface area contributed by atoms with E-state index in [1.807, 2.05) is 0 Å². The molecule has 1 heterocycles. The van der Waals surface area contributed by atoms with Gasteiger partial charge < -0.3 is 19.4 Å². The van der Waals surface area contributed by atoms with E-state index in [1.54, 1.807) is 40.0 Å². The van der Waals surface area contributed by atoms with Gasteiger partial charge in [0.15, 0.2) is 11.6 Å². The van der Waals surface area contributed by atoms with Gasteiger partial charge in [0.05, 0.1) is 18.7 Å². The molecule has 0 fully saturated rings. The van der Waals surface area contributed by atoms with E-state index < -0.39 is 11.8 Å². The average Bonchev–Trinajstić information content (AvgIpc) is 2.90. The van der Waals surface area contributed by atoms with Gasteiger partial charge in [0, 0.05) is 12.7 Å². The molecule has 0 aliphatic carbocycles. The minimum Gasteiger partial charge on any atom is -0.489 e. The van der Waals surface area contributed by atoms with Crippen molar-refractivity contribution < 1.29 is 23.5 Å². The van der Waals surface area contributed by atoms with E-state index in [-0.39, 0.29) is 31.4 Å². The van der Waals surface area contributed by atoms with Crippen molar-refractivity contribution in [1.29, 1.82) is 0 Å². The Balaban J connectivity index is 2.03. The van der Waals surface area contributed by atoms with Crippen LogP contribution in [0.3, 0.4) is 0 Å². The first-order chi connectivity index (χ1) is 12.4. The Bertz CT molecular complexity index is 801. The van der Waals surface area contributed by atoms with Crippen molar-refractivity contribution >= 4 is 11.9 Å². The molecular weight excluding hydrogens is 339 g/mol. The van der Waals surface area contributed by atoms with Gasteiger partial charge in [0.2, 0.25) is 0 Å². The maximum absolute atomic E-state index is 13.5. The van der Waals surface area contributed by atoms with E-state index in [0.717, 1.165) is 0 Å². The van der Waals surface area contributed by atoms with Crippen LogP contribution in [-0.4, -0.2) is 48.6 Å². The first-order valence-electron chi connectivity index (χ1n) is 8.35. The number of nitrogens with zero attached hydrogens (tertiary/aromatic N) is 1. The molecule has 26 heavy (non-hydrogen) atoms. The van der Waals surface area contributed by atoms with Crippen molar-refractivity contribution in [2.45, 2.75) is 20.8 Å².